The van der Waals surface area contributed by atoms with Crippen molar-refractivity contribution in [3.05, 3.63) is 94.0 Å². The van der Waals surface area contributed by atoms with Crippen LogP contribution in [0.15, 0.2) is 60.7 Å². The minimum atomic E-state index is -0.854. The maximum atomic E-state index is 13.2. The molecule has 7 nitrogen and oxygen atoms in total. The number of aliphatic carboxylic acids is 1. The van der Waals surface area contributed by atoms with E-state index in [0.717, 1.165) is 52.7 Å². The van der Waals surface area contributed by atoms with E-state index in [1.54, 1.807) is 0 Å². The highest BCUT2D eigenvalue weighted by molar-refractivity contribution is 5.94. The molecule has 2 heterocycles. The van der Waals surface area contributed by atoms with Gasteiger partial charge in [-0.2, -0.15) is 0 Å². The zero-order chi connectivity index (χ0) is 25.2. The van der Waals surface area contributed by atoms with Crippen molar-refractivity contribution in [2.24, 2.45) is 0 Å². The lowest BCUT2D eigenvalue weighted by molar-refractivity contribution is -0.137. The molecule has 4 aromatic rings. The maximum Gasteiger partial charge on any atom is 0.304 e. The summed E-state index contributed by atoms with van der Waals surface area (Å²) in [5, 5.41) is 18.4. The molecule has 0 aliphatic carbocycles. The van der Waals surface area contributed by atoms with Crippen LogP contribution in [0.4, 0.5) is 0 Å². The molecule has 1 amide bonds. The predicted molar refractivity (Wildman–Crippen MR) is 138 cm³/mol. The summed E-state index contributed by atoms with van der Waals surface area (Å²) in [5.41, 5.74) is 7.58. The highest BCUT2D eigenvalue weighted by Crippen LogP contribution is 2.35. The number of benzene rings is 3. The number of carbonyl (C=O) groups is 2. The summed E-state index contributed by atoms with van der Waals surface area (Å²) < 4.78 is 1.85. The summed E-state index contributed by atoms with van der Waals surface area (Å²) in [7, 11) is 0. The molecule has 184 valence electrons. The van der Waals surface area contributed by atoms with Crippen molar-refractivity contribution in [1.82, 2.24) is 19.9 Å². The van der Waals surface area contributed by atoms with Crippen molar-refractivity contribution in [1.29, 1.82) is 0 Å². The van der Waals surface area contributed by atoms with E-state index in [0.29, 0.717) is 18.7 Å². The number of amides is 1. The average molecular weight is 483 g/mol. The fourth-order valence-electron chi connectivity index (χ4n) is 5.31. The molecule has 0 fully saturated rings. The van der Waals surface area contributed by atoms with Crippen molar-refractivity contribution in [3.63, 3.8) is 0 Å². The number of aromatic nitrogens is 3. The molecule has 0 saturated carbocycles. The summed E-state index contributed by atoms with van der Waals surface area (Å²) in [6.45, 7) is 5.94. The van der Waals surface area contributed by atoms with Crippen molar-refractivity contribution in [2.45, 2.75) is 52.1 Å². The van der Waals surface area contributed by atoms with Gasteiger partial charge in [0.2, 0.25) is 0 Å². The van der Waals surface area contributed by atoms with Crippen LogP contribution in [0.3, 0.4) is 0 Å². The van der Waals surface area contributed by atoms with Crippen molar-refractivity contribution < 1.29 is 14.7 Å². The highest BCUT2D eigenvalue weighted by atomic mass is 16.4. The number of hydrogen-bond donors (Lipinski definition) is 1. The van der Waals surface area contributed by atoms with E-state index in [1.165, 1.54) is 5.56 Å². The Morgan fingerprint density at radius 2 is 1.86 bits per heavy atom. The van der Waals surface area contributed by atoms with Crippen LogP contribution in [0.25, 0.3) is 11.0 Å². The number of carbonyl (C=O) groups excluding carboxylic acids is 1. The molecule has 1 unspecified atom stereocenters. The Hall–Kier alpha value is -4.00. The van der Waals surface area contributed by atoms with E-state index in [2.05, 4.69) is 22.4 Å². The van der Waals surface area contributed by atoms with E-state index < -0.39 is 5.97 Å². The van der Waals surface area contributed by atoms with Gasteiger partial charge in [0.15, 0.2) is 0 Å². The summed E-state index contributed by atoms with van der Waals surface area (Å²) in [6, 6.07) is 19.6. The van der Waals surface area contributed by atoms with Crippen LogP contribution in [0.5, 0.6) is 0 Å². The van der Waals surface area contributed by atoms with E-state index in [9.17, 15) is 14.7 Å². The van der Waals surface area contributed by atoms with Crippen LogP contribution in [0, 0.1) is 6.92 Å². The van der Waals surface area contributed by atoms with Crippen LogP contribution in [0.2, 0.25) is 0 Å². The standard InChI is InChI=1S/C29H30N4O3/c1-3-33-26-14-13-24(19(2)28(26)30-31-33)25(17-27(34)35)22-12-11-20-10-7-15-32(18-23(20)16-22)29(36)21-8-5-4-6-9-21/h4-6,8-9,11-14,16,25H,3,7,10,15,17-18H2,1-2H3,(H,34,35). The molecule has 5 rings (SSSR count). The molecule has 0 saturated heterocycles. The number of fused-ring (bicyclic) bond motifs is 2. The van der Waals surface area contributed by atoms with Crippen LogP contribution in [-0.2, 0) is 24.3 Å². The molecule has 0 bridgehead atoms. The first-order chi connectivity index (χ1) is 17.5. The van der Waals surface area contributed by atoms with E-state index >= 15 is 0 Å². The third-order valence-electron chi connectivity index (χ3n) is 7.21. The van der Waals surface area contributed by atoms with E-state index in [4.69, 9.17) is 0 Å². The molecule has 36 heavy (non-hydrogen) atoms. The van der Waals surface area contributed by atoms with Crippen LogP contribution < -0.4 is 0 Å². The summed E-state index contributed by atoms with van der Waals surface area (Å²) in [6.07, 6.45) is 1.76. The second-order valence-electron chi connectivity index (χ2n) is 9.43. The average Bonchev–Trinajstić information content (AvgIpc) is 3.20. The summed E-state index contributed by atoms with van der Waals surface area (Å²) in [4.78, 5) is 27.0. The van der Waals surface area contributed by atoms with Gasteiger partial charge in [0.05, 0.1) is 11.9 Å². The van der Waals surface area contributed by atoms with Crippen molar-refractivity contribution >= 4 is 22.9 Å². The number of nitrogens with zero attached hydrogens (tertiary/aromatic N) is 4. The van der Waals surface area contributed by atoms with Gasteiger partial charge in [0.25, 0.3) is 5.91 Å². The number of aryl methyl sites for hydroxylation is 3. The molecule has 1 atom stereocenters. The van der Waals surface area contributed by atoms with Crippen molar-refractivity contribution in [2.75, 3.05) is 6.54 Å². The van der Waals surface area contributed by atoms with E-state index in [-0.39, 0.29) is 18.2 Å². The lowest BCUT2D eigenvalue weighted by Gasteiger charge is -2.23. The lowest BCUT2D eigenvalue weighted by atomic mass is 9.84. The van der Waals surface area contributed by atoms with Crippen LogP contribution >= 0.6 is 0 Å². The SMILES string of the molecule is CCn1nnc2c(C)c(C(CC(=O)O)c3ccc4c(c3)CN(C(=O)c3ccccc3)CCC4)ccc21. The molecule has 0 radical (unpaired) electrons. The molecule has 1 aromatic heterocycles. The molecule has 0 spiro atoms. The third kappa shape index (κ3) is 4.49. The van der Waals surface area contributed by atoms with Gasteiger partial charge in [0.1, 0.15) is 5.52 Å². The number of rotatable bonds is 6. The quantitative estimate of drug-likeness (QED) is 0.420. The van der Waals surface area contributed by atoms with Crippen molar-refractivity contribution in [3.8, 4) is 0 Å². The predicted octanol–water partition coefficient (Wildman–Crippen LogP) is 4.95. The smallest absolute Gasteiger partial charge is 0.304 e. The Kier molecular flexibility index (Phi) is 6.55. The Labute approximate surface area is 210 Å². The zero-order valence-corrected chi connectivity index (χ0v) is 20.6. The fourth-order valence-corrected chi connectivity index (χ4v) is 5.31. The first kappa shape index (κ1) is 23.7. The second kappa shape index (κ2) is 9.93. The molecular formula is C29H30N4O3. The minimum Gasteiger partial charge on any atom is -0.481 e. The second-order valence-corrected chi connectivity index (χ2v) is 9.43. The monoisotopic (exact) mass is 482 g/mol. The Balaban J connectivity index is 1.52. The number of carboxylic acid groups (broad SMARTS) is 1. The molecule has 1 aliphatic rings. The minimum absolute atomic E-state index is 0.0243. The third-order valence-corrected chi connectivity index (χ3v) is 7.21. The Morgan fingerprint density at radius 1 is 1.06 bits per heavy atom. The molecule has 7 heteroatoms. The van der Waals surface area contributed by atoms with E-state index in [1.807, 2.05) is 72.0 Å². The van der Waals surface area contributed by atoms with Crippen LogP contribution in [0.1, 0.15) is 63.9 Å². The topological polar surface area (TPSA) is 88.3 Å². The number of hydrogen-bond acceptors (Lipinski definition) is 4. The van der Waals surface area contributed by atoms with Gasteiger partial charge in [-0.3, -0.25) is 9.59 Å². The summed E-state index contributed by atoms with van der Waals surface area (Å²) in [5.74, 6) is -1.16. The Bertz CT molecular complexity index is 1430. The summed E-state index contributed by atoms with van der Waals surface area (Å²) >= 11 is 0. The van der Waals surface area contributed by atoms with Crippen LogP contribution in [-0.4, -0.2) is 43.4 Å². The first-order valence-electron chi connectivity index (χ1n) is 12.5. The Morgan fingerprint density at radius 3 is 2.61 bits per heavy atom. The molecular weight excluding hydrogens is 452 g/mol. The molecule has 1 aliphatic heterocycles. The zero-order valence-electron chi connectivity index (χ0n) is 20.6. The fraction of sp³-hybridized carbons (Fsp3) is 0.310. The van der Waals surface area contributed by atoms with Gasteiger partial charge in [-0.15, -0.1) is 5.10 Å². The van der Waals surface area contributed by atoms with Gasteiger partial charge in [0, 0.05) is 31.1 Å². The first-order valence-corrected chi connectivity index (χ1v) is 12.5. The van der Waals surface area contributed by atoms with Gasteiger partial charge >= 0.3 is 5.97 Å². The normalized spacial score (nSPS) is 14.3. The van der Waals surface area contributed by atoms with Gasteiger partial charge < -0.3 is 10.0 Å². The molecule has 1 N–H and O–H groups in total. The maximum absolute atomic E-state index is 13.2. The van der Waals surface area contributed by atoms with Gasteiger partial charge in [-0.05, 0) is 72.7 Å². The number of carboxylic acids is 1. The van der Waals surface area contributed by atoms with Gasteiger partial charge in [-0.25, -0.2) is 4.68 Å². The van der Waals surface area contributed by atoms with Gasteiger partial charge in [-0.1, -0.05) is 47.7 Å². The largest absolute Gasteiger partial charge is 0.481 e. The lowest BCUT2D eigenvalue weighted by Crippen LogP contribution is -2.30. The molecule has 3 aromatic carbocycles. The highest BCUT2D eigenvalue weighted by Gasteiger charge is 2.25.